The van der Waals surface area contributed by atoms with Crippen molar-refractivity contribution in [2.75, 3.05) is 6.61 Å². The van der Waals surface area contributed by atoms with Crippen LogP contribution >= 0.6 is 0 Å². The molecule has 1 aromatic carbocycles. The van der Waals surface area contributed by atoms with E-state index < -0.39 is 0 Å². The van der Waals surface area contributed by atoms with Crippen LogP contribution in [-0.4, -0.2) is 12.6 Å². The van der Waals surface area contributed by atoms with Crippen molar-refractivity contribution in [2.45, 2.75) is 71.9 Å². The maximum atomic E-state index is 5.65. The number of hydrogen-bond donors (Lipinski definition) is 1. The first-order valence-corrected chi connectivity index (χ1v) is 8.49. The molecule has 1 aliphatic rings. The summed E-state index contributed by atoms with van der Waals surface area (Å²) >= 11 is 0. The summed E-state index contributed by atoms with van der Waals surface area (Å²) in [5.41, 5.74) is 1.84. The number of ether oxygens (including phenoxy) is 1. The highest BCUT2D eigenvalue weighted by Gasteiger charge is 2.28. The first-order valence-electron chi connectivity index (χ1n) is 8.49. The van der Waals surface area contributed by atoms with E-state index in [4.69, 9.17) is 4.74 Å². The number of hydrogen-bond acceptors (Lipinski definition) is 2. The smallest absolute Gasteiger partial charge is 0.119 e. The van der Waals surface area contributed by atoms with Gasteiger partial charge in [0.25, 0.3) is 0 Å². The lowest BCUT2D eigenvalue weighted by atomic mass is 9.75. The molecule has 0 amide bonds. The standard InChI is InChI=1S/C19H31NO/c1-5-13-21-18-10-8-16(9-11-18)15(2)20-17-7-6-12-19(3,4)14-17/h8-11,15,17,20H,5-7,12-14H2,1-4H3. The van der Waals surface area contributed by atoms with E-state index in [0.717, 1.165) is 18.8 Å². The molecule has 0 aromatic heterocycles. The van der Waals surface area contributed by atoms with Crippen LogP contribution in [0.3, 0.4) is 0 Å². The van der Waals surface area contributed by atoms with E-state index in [0.29, 0.717) is 17.5 Å². The van der Waals surface area contributed by atoms with Gasteiger partial charge in [0, 0.05) is 12.1 Å². The Morgan fingerprint density at radius 2 is 2.00 bits per heavy atom. The molecular formula is C19H31NO. The van der Waals surface area contributed by atoms with Gasteiger partial charge in [-0.15, -0.1) is 0 Å². The SMILES string of the molecule is CCCOc1ccc(C(C)NC2CCCC(C)(C)C2)cc1. The van der Waals surface area contributed by atoms with E-state index in [2.05, 4.69) is 57.3 Å². The van der Waals surface area contributed by atoms with Crippen LogP contribution in [0.5, 0.6) is 5.75 Å². The summed E-state index contributed by atoms with van der Waals surface area (Å²) in [6.45, 7) is 9.98. The topological polar surface area (TPSA) is 21.3 Å². The zero-order chi connectivity index (χ0) is 15.3. The van der Waals surface area contributed by atoms with Crippen LogP contribution in [0.25, 0.3) is 0 Å². The third kappa shape index (κ3) is 5.03. The van der Waals surface area contributed by atoms with E-state index in [9.17, 15) is 0 Å². The molecule has 2 rings (SSSR count). The second-order valence-corrected chi connectivity index (χ2v) is 7.26. The molecule has 2 atom stereocenters. The third-order valence-electron chi connectivity index (χ3n) is 4.54. The zero-order valence-electron chi connectivity index (χ0n) is 14.1. The minimum Gasteiger partial charge on any atom is -0.494 e. The first kappa shape index (κ1) is 16.4. The predicted molar refractivity (Wildman–Crippen MR) is 89.8 cm³/mol. The lowest BCUT2D eigenvalue weighted by Crippen LogP contribution is -2.38. The maximum absolute atomic E-state index is 5.65. The monoisotopic (exact) mass is 289 g/mol. The summed E-state index contributed by atoms with van der Waals surface area (Å²) in [5, 5.41) is 3.81. The lowest BCUT2D eigenvalue weighted by Gasteiger charge is -2.37. The van der Waals surface area contributed by atoms with Crippen molar-refractivity contribution < 1.29 is 4.74 Å². The number of rotatable bonds is 6. The van der Waals surface area contributed by atoms with Gasteiger partial charge in [0.15, 0.2) is 0 Å². The third-order valence-corrected chi connectivity index (χ3v) is 4.54. The van der Waals surface area contributed by atoms with Crippen molar-refractivity contribution in [3.05, 3.63) is 29.8 Å². The Kier molecular flexibility index (Phi) is 5.69. The number of benzene rings is 1. The van der Waals surface area contributed by atoms with Gasteiger partial charge in [0.1, 0.15) is 5.75 Å². The Morgan fingerprint density at radius 1 is 1.29 bits per heavy atom. The van der Waals surface area contributed by atoms with Gasteiger partial charge in [-0.05, 0) is 55.7 Å². The van der Waals surface area contributed by atoms with Gasteiger partial charge in [-0.2, -0.15) is 0 Å². The van der Waals surface area contributed by atoms with Gasteiger partial charge in [-0.3, -0.25) is 0 Å². The van der Waals surface area contributed by atoms with Crippen molar-refractivity contribution in [1.82, 2.24) is 5.32 Å². The molecule has 21 heavy (non-hydrogen) atoms. The molecule has 2 unspecified atom stereocenters. The first-order chi connectivity index (χ1) is 10.00. The van der Waals surface area contributed by atoms with Crippen molar-refractivity contribution in [1.29, 1.82) is 0 Å². The Balaban J connectivity index is 1.89. The summed E-state index contributed by atoms with van der Waals surface area (Å²) < 4.78 is 5.65. The fourth-order valence-corrected chi connectivity index (χ4v) is 3.36. The van der Waals surface area contributed by atoms with Crippen LogP contribution in [-0.2, 0) is 0 Å². The van der Waals surface area contributed by atoms with Crippen LogP contribution < -0.4 is 10.1 Å². The lowest BCUT2D eigenvalue weighted by molar-refractivity contribution is 0.191. The molecule has 2 nitrogen and oxygen atoms in total. The van der Waals surface area contributed by atoms with Gasteiger partial charge in [-0.1, -0.05) is 39.3 Å². The molecular weight excluding hydrogens is 258 g/mol. The van der Waals surface area contributed by atoms with Crippen LogP contribution in [0.2, 0.25) is 0 Å². The van der Waals surface area contributed by atoms with Gasteiger partial charge in [0.2, 0.25) is 0 Å². The minimum absolute atomic E-state index is 0.407. The van der Waals surface area contributed by atoms with Crippen molar-refractivity contribution in [3.8, 4) is 5.75 Å². The Morgan fingerprint density at radius 3 is 2.62 bits per heavy atom. The van der Waals surface area contributed by atoms with Gasteiger partial charge in [0.05, 0.1) is 6.61 Å². The van der Waals surface area contributed by atoms with E-state index in [1.807, 2.05) is 0 Å². The van der Waals surface area contributed by atoms with Crippen LogP contribution in [0.15, 0.2) is 24.3 Å². The highest BCUT2D eigenvalue weighted by molar-refractivity contribution is 5.29. The quantitative estimate of drug-likeness (QED) is 0.787. The van der Waals surface area contributed by atoms with E-state index in [-0.39, 0.29) is 0 Å². The van der Waals surface area contributed by atoms with Crippen LogP contribution in [0.1, 0.15) is 71.4 Å². The summed E-state index contributed by atoms with van der Waals surface area (Å²) in [5.74, 6) is 0.978. The summed E-state index contributed by atoms with van der Waals surface area (Å²) in [6, 6.07) is 9.62. The van der Waals surface area contributed by atoms with E-state index in [1.54, 1.807) is 0 Å². The molecule has 118 valence electrons. The molecule has 0 radical (unpaired) electrons. The van der Waals surface area contributed by atoms with Gasteiger partial charge < -0.3 is 10.1 Å². The van der Waals surface area contributed by atoms with Crippen molar-refractivity contribution in [2.24, 2.45) is 5.41 Å². The van der Waals surface area contributed by atoms with E-state index in [1.165, 1.54) is 31.2 Å². The molecule has 0 aliphatic heterocycles. The highest BCUT2D eigenvalue weighted by Crippen LogP contribution is 2.36. The average molecular weight is 289 g/mol. The molecule has 0 saturated heterocycles. The Hall–Kier alpha value is -1.02. The second-order valence-electron chi connectivity index (χ2n) is 7.26. The molecule has 0 heterocycles. The summed E-state index contributed by atoms with van der Waals surface area (Å²) in [4.78, 5) is 0. The molecule has 1 aromatic rings. The summed E-state index contributed by atoms with van der Waals surface area (Å²) in [7, 11) is 0. The molecule has 1 saturated carbocycles. The maximum Gasteiger partial charge on any atom is 0.119 e. The van der Waals surface area contributed by atoms with Crippen LogP contribution in [0.4, 0.5) is 0 Å². The molecule has 0 spiro atoms. The zero-order valence-corrected chi connectivity index (χ0v) is 14.1. The Bertz CT molecular complexity index is 424. The van der Waals surface area contributed by atoms with Crippen molar-refractivity contribution >= 4 is 0 Å². The predicted octanol–water partition coefficient (Wildman–Crippen LogP) is 5.09. The van der Waals surface area contributed by atoms with Crippen molar-refractivity contribution in [3.63, 3.8) is 0 Å². The Labute approximate surface area is 130 Å². The second kappa shape index (κ2) is 7.31. The summed E-state index contributed by atoms with van der Waals surface area (Å²) in [6.07, 6.45) is 6.36. The largest absolute Gasteiger partial charge is 0.494 e. The van der Waals surface area contributed by atoms with Gasteiger partial charge in [-0.25, -0.2) is 0 Å². The normalized spacial score (nSPS) is 22.8. The van der Waals surface area contributed by atoms with Crippen LogP contribution in [0, 0.1) is 5.41 Å². The molecule has 2 heteroatoms. The van der Waals surface area contributed by atoms with E-state index >= 15 is 0 Å². The minimum atomic E-state index is 0.407. The fraction of sp³-hybridized carbons (Fsp3) is 0.684. The number of nitrogens with one attached hydrogen (secondary N) is 1. The molecule has 1 N–H and O–H groups in total. The van der Waals surface area contributed by atoms with Gasteiger partial charge >= 0.3 is 0 Å². The fourth-order valence-electron chi connectivity index (χ4n) is 3.36. The molecule has 1 fully saturated rings. The highest BCUT2D eigenvalue weighted by atomic mass is 16.5. The molecule has 1 aliphatic carbocycles. The molecule has 0 bridgehead atoms. The average Bonchev–Trinajstić information content (AvgIpc) is 2.44.